The van der Waals surface area contributed by atoms with Gasteiger partial charge in [0, 0.05) is 6.42 Å². The lowest BCUT2D eigenvalue weighted by atomic mass is 10.1. The second-order valence-electron chi connectivity index (χ2n) is 2.78. The molecular formula is C10H14O4. The molecule has 0 amide bonds. The second kappa shape index (κ2) is 6.88. The molecule has 0 aliphatic heterocycles. The number of carbonyl (C=O) groups excluding carboxylic acids is 1. The fourth-order valence-electron chi connectivity index (χ4n) is 0.862. The van der Waals surface area contributed by atoms with Crippen LogP contribution in [-0.2, 0) is 9.59 Å². The number of hydrogen-bond acceptors (Lipinski definition) is 3. The van der Waals surface area contributed by atoms with Gasteiger partial charge in [-0.2, -0.15) is 0 Å². The molecule has 1 unspecified atom stereocenters. The molecule has 0 radical (unpaired) electrons. The molecule has 0 aromatic carbocycles. The Kier molecular flexibility index (Phi) is 6.11. The van der Waals surface area contributed by atoms with Crippen molar-refractivity contribution in [2.75, 3.05) is 0 Å². The van der Waals surface area contributed by atoms with Gasteiger partial charge in [-0.1, -0.05) is 13.0 Å². The molecule has 0 bridgehead atoms. The third-order valence-electron chi connectivity index (χ3n) is 1.56. The predicted molar refractivity (Wildman–Crippen MR) is 51.9 cm³/mol. The molecule has 0 saturated carbocycles. The molecule has 0 aliphatic carbocycles. The number of aliphatic hydroxyl groups is 1. The van der Waals surface area contributed by atoms with Crippen LogP contribution in [0.1, 0.15) is 19.8 Å². The van der Waals surface area contributed by atoms with Gasteiger partial charge in [-0.15, -0.1) is 0 Å². The Bertz CT molecular complexity index is 253. The van der Waals surface area contributed by atoms with Crippen LogP contribution in [0.3, 0.4) is 0 Å². The van der Waals surface area contributed by atoms with E-state index in [1.807, 2.05) is 6.92 Å². The molecule has 0 saturated heterocycles. The third-order valence-corrected chi connectivity index (χ3v) is 1.56. The van der Waals surface area contributed by atoms with Crippen molar-refractivity contribution in [1.82, 2.24) is 0 Å². The van der Waals surface area contributed by atoms with E-state index in [1.54, 1.807) is 0 Å². The van der Waals surface area contributed by atoms with E-state index in [1.165, 1.54) is 12.2 Å². The highest BCUT2D eigenvalue weighted by molar-refractivity contribution is 5.90. The van der Waals surface area contributed by atoms with E-state index in [-0.39, 0.29) is 5.78 Å². The summed E-state index contributed by atoms with van der Waals surface area (Å²) in [6.07, 6.45) is 5.39. The van der Waals surface area contributed by atoms with Crippen LogP contribution in [0.4, 0.5) is 0 Å². The molecule has 4 heteroatoms. The van der Waals surface area contributed by atoms with Crippen LogP contribution in [-0.4, -0.2) is 22.0 Å². The number of aliphatic hydroxyl groups excluding tert-OH is 1. The van der Waals surface area contributed by atoms with Gasteiger partial charge in [0.1, 0.15) is 0 Å². The van der Waals surface area contributed by atoms with Gasteiger partial charge in [0.2, 0.25) is 0 Å². The molecule has 78 valence electrons. The normalized spacial score (nSPS) is 13.5. The summed E-state index contributed by atoms with van der Waals surface area (Å²) in [6.45, 7) is 1.87. The average molecular weight is 198 g/mol. The van der Waals surface area contributed by atoms with Crippen molar-refractivity contribution in [3.63, 3.8) is 0 Å². The summed E-state index contributed by atoms with van der Waals surface area (Å²) in [7, 11) is 0. The SMILES string of the molecule is CCCC(=O)C=CC(C=CO)C(=O)O. The maximum Gasteiger partial charge on any atom is 0.314 e. The van der Waals surface area contributed by atoms with Crippen molar-refractivity contribution in [2.45, 2.75) is 19.8 Å². The number of ketones is 1. The topological polar surface area (TPSA) is 74.6 Å². The van der Waals surface area contributed by atoms with Gasteiger partial charge >= 0.3 is 5.97 Å². The van der Waals surface area contributed by atoms with Crippen LogP contribution in [0.25, 0.3) is 0 Å². The lowest BCUT2D eigenvalue weighted by Crippen LogP contribution is -2.08. The first-order valence-corrected chi connectivity index (χ1v) is 4.36. The van der Waals surface area contributed by atoms with Gasteiger partial charge in [0.05, 0.1) is 12.2 Å². The number of rotatable bonds is 6. The quantitative estimate of drug-likeness (QED) is 0.503. The maximum atomic E-state index is 11.0. The molecule has 0 aromatic heterocycles. The van der Waals surface area contributed by atoms with E-state index < -0.39 is 11.9 Å². The molecule has 0 heterocycles. The summed E-state index contributed by atoms with van der Waals surface area (Å²) in [5.74, 6) is -2.15. The highest BCUT2D eigenvalue weighted by atomic mass is 16.4. The number of hydrogen-bond donors (Lipinski definition) is 2. The maximum absolute atomic E-state index is 11.0. The molecular weight excluding hydrogens is 184 g/mol. The summed E-state index contributed by atoms with van der Waals surface area (Å²) >= 11 is 0. The van der Waals surface area contributed by atoms with Gasteiger partial charge in [-0.05, 0) is 18.6 Å². The van der Waals surface area contributed by atoms with Crippen LogP contribution >= 0.6 is 0 Å². The van der Waals surface area contributed by atoms with Crippen LogP contribution < -0.4 is 0 Å². The van der Waals surface area contributed by atoms with Crippen LogP contribution in [0.5, 0.6) is 0 Å². The fourth-order valence-corrected chi connectivity index (χ4v) is 0.862. The number of carboxylic acids is 1. The zero-order chi connectivity index (χ0) is 11.0. The van der Waals surface area contributed by atoms with E-state index in [2.05, 4.69) is 0 Å². The number of allylic oxidation sites excluding steroid dienone is 1. The van der Waals surface area contributed by atoms with Crippen molar-refractivity contribution in [3.8, 4) is 0 Å². The average Bonchev–Trinajstić information content (AvgIpc) is 2.12. The Labute approximate surface area is 82.6 Å². The van der Waals surface area contributed by atoms with E-state index in [0.29, 0.717) is 12.7 Å². The van der Waals surface area contributed by atoms with Crippen molar-refractivity contribution >= 4 is 11.8 Å². The Hall–Kier alpha value is -1.58. The van der Waals surface area contributed by atoms with Crippen LogP contribution in [0.15, 0.2) is 24.5 Å². The minimum absolute atomic E-state index is 0.106. The van der Waals surface area contributed by atoms with Crippen molar-refractivity contribution < 1.29 is 19.8 Å². The molecule has 0 rings (SSSR count). The summed E-state index contributed by atoms with van der Waals surface area (Å²) in [5, 5.41) is 17.0. The minimum atomic E-state index is -1.10. The Morgan fingerprint density at radius 1 is 1.36 bits per heavy atom. The Morgan fingerprint density at radius 3 is 2.43 bits per heavy atom. The summed E-state index contributed by atoms with van der Waals surface area (Å²) < 4.78 is 0. The molecule has 4 nitrogen and oxygen atoms in total. The molecule has 0 fully saturated rings. The largest absolute Gasteiger partial charge is 0.516 e. The summed E-state index contributed by atoms with van der Waals surface area (Å²) in [4.78, 5) is 21.5. The van der Waals surface area contributed by atoms with Gasteiger partial charge in [0.15, 0.2) is 5.78 Å². The first kappa shape index (κ1) is 12.4. The van der Waals surface area contributed by atoms with Crippen LogP contribution in [0.2, 0.25) is 0 Å². The minimum Gasteiger partial charge on any atom is -0.516 e. The second-order valence-corrected chi connectivity index (χ2v) is 2.78. The first-order chi connectivity index (χ1) is 6.61. The first-order valence-electron chi connectivity index (χ1n) is 4.36. The van der Waals surface area contributed by atoms with E-state index in [9.17, 15) is 9.59 Å². The van der Waals surface area contributed by atoms with Crippen molar-refractivity contribution in [2.24, 2.45) is 5.92 Å². The molecule has 14 heavy (non-hydrogen) atoms. The molecule has 0 spiro atoms. The van der Waals surface area contributed by atoms with Gasteiger partial charge in [-0.3, -0.25) is 9.59 Å². The zero-order valence-corrected chi connectivity index (χ0v) is 8.01. The van der Waals surface area contributed by atoms with E-state index in [0.717, 1.165) is 12.5 Å². The van der Waals surface area contributed by atoms with E-state index in [4.69, 9.17) is 10.2 Å². The summed E-state index contributed by atoms with van der Waals surface area (Å²) in [5.41, 5.74) is 0. The Morgan fingerprint density at radius 2 is 2.00 bits per heavy atom. The van der Waals surface area contributed by atoms with Crippen molar-refractivity contribution in [3.05, 3.63) is 24.5 Å². The van der Waals surface area contributed by atoms with Crippen molar-refractivity contribution in [1.29, 1.82) is 0 Å². The Balaban J connectivity index is 4.29. The van der Waals surface area contributed by atoms with Gasteiger partial charge < -0.3 is 10.2 Å². The summed E-state index contributed by atoms with van der Waals surface area (Å²) in [6, 6.07) is 0. The number of carboxylic acid groups (broad SMARTS) is 1. The molecule has 2 N–H and O–H groups in total. The number of carbonyl (C=O) groups is 2. The predicted octanol–water partition coefficient (Wildman–Crippen LogP) is 1.68. The zero-order valence-electron chi connectivity index (χ0n) is 8.01. The fraction of sp³-hybridized carbons (Fsp3) is 0.400. The standard InChI is InChI=1S/C10H14O4/c1-2-3-9(12)5-4-8(6-7-11)10(13)14/h4-8,11H,2-3H2,1H3,(H,13,14). The monoisotopic (exact) mass is 198 g/mol. The van der Waals surface area contributed by atoms with Gasteiger partial charge in [0.25, 0.3) is 0 Å². The van der Waals surface area contributed by atoms with Crippen LogP contribution in [0, 0.1) is 5.92 Å². The molecule has 1 atom stereocenters. The highest BCUT2D eigenvalue weighted by Crippen LogP contribution is 2.02. The van der Waals surface area contributed by atoms with Gasteiger partial charge in [-0.25, -0.2) is 0 Å². The number of aliphatic carboxylic acids is 1. The van der Waals surface area contributed by atoms with E-state index >= 15 is 0 Å². The lowest BCUT2D eigenvalue weighted by molar-refractivity contribution is -0.138. The molecule has 0 aliphatic rings. The lowest BCUT2D eigenvalue weighted by Gasteiger charge is -1.98. The third kappa shape index (κ3) is 5.13. The highest BCUT2D eigenvalue weighted by Gasteiger charge is 2.09. The molecule has 0 aromatic rings. The smallest absolute Gasteiger partial charge is 0.314 e.